The molecule has 8 nitrogen and oxygen atoms in total. The molecule has 1 aliphatic rings. The van der Waals surface area contributed by atoms with E-state index in [4.69, 9.17) is 5.11 Å². The summed E-state index contributed by atoms with van der Waals surface area (Å²) in [7, 11) is 0. The van der Waals surface area contributed by atoms with Gasteiger partial charge in [0.25, 0.3) is 5.91 Å². The number of rotatable bonds is 6. The Bertz CT molecular complexity index is 691. The van der Waals surface area contributed by atoms with Crippen LogP contribution in [0.2, 0.25) is 0 Å². The van der Waals surface area contributed by atoms with Gasteiger partial charge in [-0.25, -0.2) is 9.18 Å². The van der Waals surface area contributed by atoms with Crippen LogP contribution in [-0.2, 0) is 19.9 Å². The molecule has 9 heteroatoms. The fraction of sp³-hybridized carbons (Fsp3) is 0.333. The van der Waals surface area contributed by atoms with Crippen molar-refractivity contribution >= 4 is 23.8 Å². The molecule has 0 bridgehead atoms. The minimum Gasteiger partial charge on any atom is -0.481 e. The lowest BCUT2D eigenvalue weighted by atomic mass is 9.92. The van der Waals surface area contributed by atoms with Gasteiger partial charge in [-0.15, -0.1) is 0 Å². The molecular weight excluding hydrogens is 321 g/mol. The highest BCUT2D eigenvalue weighted by Crippen LogP contribution is 2.28. The van der Waals surface area contributed by atoms with E-state index < -0.39 is 41.7 Å². The number of nitrogens with zero attached hydrogens (tertiary/aromatic N) is 1. The molecule has 1 fully saturated rings. The molecule has 0 saturated carbocycles. The third kappa shape index (κ3) is 3.50. The summed E-state index contributed by atoms with van der Waals surface area (Å²) in [6.07, 6.45) is -0.265. The molecule has 0 unspecified atom stereocenters. The van der Waals surface area contributed by atoms with Crippen molar-refractivity contribution < 1.29 is 28.7 Å². The Hall–Kier alpha value is -2.97. The third-order valence-electron chi connectivity index (χ3n) is 3.66. The van der Waals surface area contributed by atoms with E-state index in [-0.39, 0.29) is 13.0 Å². The minimum atomic E-state index is -1.40. The van der Waals surface area contributed by atoms with Gasteiger partial charge in [-0.1, -0.05) is 12.1 Å². The van der Waals surface area contributed by atoms with E-state index in [2.05, 4.69) is 10.6 Å². The highest BCUT2D eigenvalue weighted by atomic mass is 19.1. The number of carbonyl (C=O) groups is 4. The quantitative estimate of drug-likeness (QED) is 0.641. The third-order valence-corrected chi connectivity index (χ3v) is 3.66. The first kappa shape index (κ1) is 17.4. The van der Waals surface area contributed by atoms with Crippen molar-refractivity contribution in [3.8, 4) is 0 Å². The zero-order valence-electron chi connectivity index (χ0n) is 12.8. The number of hydrogen-bond donors (Lipinski definition) is 3. The predicted molar refractivity (Wildman–Crippen MR) is 79.3 cm³/mol. The molecule has 0 aliphatic carbocycles. The minimum absolute atomic E-state index is 0.104. The van der Waals surface area contributed by atoms with Crippen LogP contribution in [0.3, 0.4) is 0 Å². The van der Waals surface area contributed by atoms with Crippen LogP contribution in [0, 0.1) is 5.82 Å². The predicted octanol–water partition coefficient (Wildman–Crippen LogP) is 0.184. The number of aliphatic carboxylic acids is 1. The fourth-order valence-electron chi connectivity index (χ4n) is 2.33. The Morgan fingerprint density at radius 3 is 2.50 bits per heavy atom. The monoisotopic (exact) mass is 337 g/mol. The highest BCUT2D eigenvalue weighted by Gasteiger charge is 2.49. The molecule has 1 atom stereocenters. The van der Waals surface area contributed by atoms with Crippen molar-refractivity contribution in [3.05, 3.63) is 35.6 Å². The smallest absolute Gasteiger partial charge is 0.325 e. The summed E-state index contributed by atoms with van der Waals surface area (Å²) in [6, 6.07) is 4.34. The molecule has 2 rings (SSSR count). The van der Waals surface area contributed by atoms with Crippen LogP contribution in [0.25, 0.3) is 0 Å². The number of urea groups is 1. The molecule has 0 aromatic heterocycles. The lowest BCUT2D eigenvalue weighted by molar-refractivity contribution is -0.137. The second-order valence-corrected chi connectivity index (χ2v) is 5.45. The van der Waals surface area contributed by atoms with E-state index in [0.29, 0.717) is 5.56 Å². The second-order valence-electron chi connectivity index (χ2n) is 5.45. The number of carboxylic acids is 1. The van der Waals surface area contributed by atoms with Crippen molar-refractivity contribution in [3.63, 3.8) is 0 Å². The van der Waals surface area contributed by atoms with Crippen LogP contribution >= 0.6 is 0 Å². The lowest BCUT2D eigenvalue weighted by Crippen LogP contribution is -2.43. The molecule has 1 aliphatic heterocycles. The summed E-state index contributed by atoms with van der Waals surface area (Å²) in [6.45, 7) is 0.830. The first-order valence-electron chi connectivity index (χ1n) is 7.12. The number of amides is 4. The number of hydrogen-bond acceptors (Lipinski definition) is 4. The second kappa shape index (κ2) is 6.65. The van der Waals surface area contributed by atoms with Crippen molar-refractivity contribution in [2.45, 2.75) is 18.9 Å². The Kier molecular flexibility index (Phi) is 4.82. The maximum absolute atomic E-state index is 13.0. The zero-order valence-corrected chi connectivity index (χ0v) is 12.8. The normalized spacial score (nSPS) is 20.0. The van der Waals surface area contributed by atoms with E-state index in [0.717, 1.165) is 4.90 Å². The zero-order chi connectivity index (χ0) is 17.9. The van der Waals surface area contributed by atoms with Gasteiger partial charge in [-0.3, -0.25) is 19.3 Å². The highest BCUT2D eigenvalue weighted by molar-refractivity contribution is 6.09. The summed E-state index contributed by atoms with van der Waals surface area (Å²) < 4.78 is 13.0. The Morgan fingerprint density at radius 2 is 1.92 bits per heavy atom. The summed E-state index contributed by atoms with van der Waals surface area (Å²) in [5.41, 5.74) is -1.01. The molecule has 1 heterocycles. The number of halogens is 1. The van der Waals surface area contributed by atoms with Crippen LogP contribution in [-0.4, -0.2) is 46.9 Å². The molecule has 1 aromatic carbocycles. The van der Waals surface area contributed by atoms with Gasteiger partial charge < -0.3 is 15.7 Å². The number of carbonyl (C=O) groups excluding carboxylic acids is 3. The van der Waals surface area contributed by atoms with Crippen molar-refractivity contribution in [2.24, 2.45) is 0 Å². The fourth-order valence-corrected chi connectivity index (χ4v) is 2.33. The average Bonchev–Trinajstić information content (AvgIpc) is 2.72. The average molecular weight is 337 g/mol. The Labute approximate surface area is 136 Å². The number of nitrogens with one attached hydrogen (secondary N) is 2. The van der Waals surface area contributed by atoms with Crippen LogP contribution in [0.1, 0.15) is 18.9 Å². The standard InChI is InChI=1S/C15H16FN3O5/c1-15(9-2-4-10(16)5-3-9)13(23)19(14(24)18-15)8-11(20)17-7-6-12(21)22/h2-5H,6-8H2,1H3,(H,17,20)(H,18,24)(H,21,22)/t15-/m1/s1. The molecular formula is C15H16FN3O5. The topological polar surface area (TPSA) is 116 Å². The van der Waals surface area contributed by atoms with E-state index in [1.54, 1.807) is 0 Å². The molecule has 24 heavy (non-hydrogen) atoms. The Balaban J connectivity index is 2.07. The number of imide groups is 1. The summed E-state index contributed by atoms with van der Waals surface area (Å²) >= 11 is 0. The largest absolute Gasteiger partial charge is 0.481 e. The first-order chi connectivity index (χ1) is 11.2. The SMILES string of the molecule is C[C@]1(c2ccc(F)cc2)NC(=O)N(CC(=O)NCCC(=O)O)C1=O. The number of benzene rings is 1. The maximum atomic E-state index is 13.0. The van der Waals surface area contributed by atoms with Crippen LogP contribution in [0.15, 0.2) is 24.3 Å². The van der Waals surface area contributed by atoms with E-state index >= 15 is 0 Å². The van der Waals surface area contributed by atoms with Crippen LogP contribution < -0.4 is 10.6 Å². The van der Waals surface area contributed by atoms with Gasteiger partial charge in [0.1, 0.15) is 17.9 Å². The Morgan fingerprint density at radius 1 is 1.29 bits per heavy atom. The van der Waals surface area contributed by atoms with Gasteiger partial charge in [0.05, 0.1) is 6.42 Å². The van der Waals surface area contributed by atoms with Crippen LogP contribution in [0.4, 0.5) is 9.18 Å². The molecule has 128 valence electrons. The molecule has 3 N–H and O–H groups in total. The molecule has 4 amide bonds. The van der Waals surface area contributed by atoms with E-state index in [1.165, 1.54) is 31.2 Å². The van der Waals surface area contributed by atoms with Crippen molar-refractivity contribution in [2.75, 3.05) is 13.1 Å². The molecule has 0 spiro atoms. The first-order valence-corrected chi connectivity index (χ1v) is 7.12. The van der Waals surface area contributed by atoms with Gasteiger partial charge >= 0.3 is 12.0 Å². The van der Waals surface area contributed by atoms with E-state index in [9.17, 15) is 23.6 Å². The van der Waals surface area contributed by atoms with E-state index in [1.807, 2.05) is 0 Å². The summed E-state index contributed by atoms with van der Waals surface area (Å²) in [5, 5.41) is 13.3. The van der Waals surface area contributed by atoms with Gasteiger partial charge in [0.2, 0.25) is 5.91 Å². The molecule has 0 radical (unpaired) electrons. The molecule has 1 saturated heterocycles. The van der Waals surface area contributed by atoms with Crippen molar-refractivity contribution in [1.29, 1.82) is 0 Å². The summed E-state index contributed by atoms with van der Waals surface area (Å²) in [5.74, 6) is -2.85. The van der Waals surface area contributed by atoms with Crippen LogP contribution in [0.5, 0.6) is 0 Å². The lowest BCUT2D eigenvalue weighted by Gasteiger charge is -2.22. The number of carboxylic acid groups (broad SMARTS) is 1. The van der Waals surface area contributed by atoms with Crippen molar-refractivity contribution in [1.82, 2.24) is 15.5 Å². The van der Waals surface area contributed by atoms with Gasteiger partial charge in [-0.2, -0.15) is 0 Å². The summed E-state index contributed by atoms with van der Waals surface area (Å²) in [4.78, 5) is 47.4. The van der Waals surface area contributed by atoms with Gasteiger partial charge in [-0.05, 0) is 24.6 Å². The maximum Gasteiger partial charge on any atom is 0.325 e. The molecule has 1 aromatic rings. The van der Waals surface area contributed by atoms with Gasteiger partial charge in [0.15, 0.2) is 0 Å². The van der Waals surface area contributed by atoms with Gasteiger partial charge in [0, 0.05) is 6.54 Å².